The van der Waals surface area contributed by atoms with Crippen LogP contribution in [0.2, 0.25) is 0 Å². The highest BCUT2D eigenvalue weighted by atomic mass is 31.1. The summed E-state index contributed by atoms with van der Waals surface area (Å²) in [5.74, 6) is 0. The number of rotatable bonds is 5. The zero-order valence-corrected chi connectivity index (χ0v) is 12.3. The van der Waals surface area contributed by atoms with E-state index in [1.807, 2.05) is 6.92 Å². The van der Waals surface area contributed by atoms with Gasteiger partial charge in [-0.3, -0.25) is 9.42 Å². The molecule has 0 saturated carbocycles. The molecule has 110 valence electrons. The maximum Gasteiger partial charge on any atom is 0.327 e. The molecule has 0 aromatic carbocycles. The molecule has 0 radical (unpaired) electrons. The zero-order valence-electron chi connectivity index (χ0n) is 11.4. The molecule has 7 nitrogen and oxygen atoms in total. The maximum absolute atomic E-state index is 12.0. The number of carbonyl (C=O) groups excluding carboxylic acids is 1. The average molecular weight is 300 g/mol. The van der Waals surface area contributed by atoms with Gasteiger partial charge in [0.05, 0.1) is 12.7 Å². The second-order valence-corrected chi connectivity index (χ2v) is 5.04. The summed E-state index contributed by atoms with van der Waals surface area (Å²) in [6.45, 7) is 5.74. The molecular formula is C12H17N2O5P. The topological polar surface area (TPSA) is 77.1 Å². The van der Waals surface area contributed by atoms with Gasteiger partial charge in [0, 0.05) is 25.4 Å². The fourth-order valence-electron chi connectivity index (χ4n) is 2.22. The lowest BCUT2D eigenvalue weighted by Gasteiger charge is -2.30. The summed E-state index contributed by atoms with van der Waals surface area (Å²) in [4.78, 5) is 13.4. The van der Waals surface area contributed by atoms with Crippen LogP contribution in [0.5, 0.6) is 0 Å². The molecule has 0 spiro atoms. The first-order valence-electron chi connectivity index (χ1n) is 6.16. The van der Waals surface area contributed by atoms with E-state index in [0.717, 1.165) is 5.57 Å². The predicted molar refractivity (Wildman–Crippen MR) is 70.9 cm³/mol. The molecule has 2 unspecified atom stereocenters. The normalized spacial score (nSPS) is 30.6. The molecule has 1 fully saturated rings. The Kier molecular flexibility index (Phi) is 4.88. The molecule has 0 aromatic heterocycles. The second-order valence-electron chi connectivity index (χ2n) is 4.64. The van der Waals surface area contributed by atoms with Gasteiger partial charge >= 0.3 is 14.7 Å². The minimum Gasteiger partial charge on any atom is -0.378 e. The van der Waals surface area contributed by atoms with Crippen LogP contribution in [-0.2, 0) is 18.6 Å². The molecule has 2 aliphatic heterocycles. The van der Waals surface area contributed by atoms with E-state index in [0.29, 0.717) is 12.1 Å². The van der Waals surface area contributed by atoms with Crippen molar-refractivity contribution >= 4 is 14.7 Å². The second kappa shape index (κ2) is 6.45. The maximum atomic E-state index is 12.0. The molecule has 0 aromatic rings. The summed E-state index contributed by atoms with van der Waals surface area (Å²) < 4.78 is 26.2. The molecule has 2 heterocycles. The number of allylic oxidation sites excluding steroid dienone is 1. The fraction of sp³-hybridized carbons (Fsp3) is 0.583. The number of urea groups is 1. The van der Waals surface area contributed by atoms with E-state index in [2.05, 4.69) is 11.9 Å². The predicted octanol–water partition coefficient (Wildman–Crippen LogP) is 1.78. The Bertz CT molecular complexity index is 453. The lowest BCUT2D eigenvalue weighted by molar-refractivity contribution is -0.0540. The lowest BCUT2D eigenvalue weighted by Crippen LogP contribution is -2.45. The van der Waals surface area contributed by atoms with Crippen LogP contribution in [-0.4, -0.2) is 43.1 Å². The average Bonchev–Trinajstić information content (AvgIpc) is 2.83. The van der Waals surface area contributed by atoms with Gasteiger partial charge in [-0.25, -0.2) is 9.36 Å². The minimum absolute atomic E-state index is 0.144. The van der Waals surface area contributed by atoms with E-state index in [1.54, 1.807) is 13.3 Å². The van der Waals surface area contributed by atoms with Gasteiger partial charge in [-0.2, -0.15) is 0 Å². The number of nitrogens with zero attached hydrogens (tertiary/aromatic N) is 1. The molecule has 2 aliphatic rings. The van der Waals surface area contributed by atoms with Crippen LogP contribution in [0.4, 0.5) is 4.79 Å². The number of carbonyl (C=O) groups is 1. The van der Waals surface area contributed by atoms with Crippen molar-refractivity contribution in [2.45, 2.75) is 31.8 Å². The highest BCUT2D eigenvalue weighted by molar-refractivity contribution is 7.17. The van der Waals surface area contributed by atoms with E-state index in [9.17, 15) is 9.36 Å². The summed E-state index contributed by atoms with van der Waals surface area (Å²) in [7, 11) is 1.17. The Morgan fingerprint density at radius 3 is 3.05 bits per heavy atom. The molecule has 2 rings (SSSR count). The third-order valence-electron chi connectivity index (χ3n) is 3.39. The first-order chi connectivity index (χ1) is 9.56. The van der Waals surface area contributed by atoms with Crippen LogP contribution in [0.15, 0.2) is 24.0 Å². The van der Waals surface area contributed by atoms with E-state index < -0.39 is 14.9 Å². The van der Waals surface area contributed by atoms with Crippen molar-refractivity contribution in [2.75, 3.05) is 13.7 Å². The molecule has 0 bridgehead atoms. The quantitative estimate of drug-likeness (QED) is 0.783. The number of hydrogen-bond donors (Lipinski definition) is 1. The van der Waals surface area contributed by atoms with E-state index in [-0.39, 0.29) is 24.8 Å². The lowest BCUT2D eigenvalue weighted by atomic mass is 10.1. The van der Waals surface area contributed by atoms with Crippen LogP contribution >= 0.6 is 8.69 Å². The minimum atomic E-state index is -0.445. The van der Waals surface area contributed by atoms with Crippen molar-refractivity contribution in [2.24, 2.45) is 0 Å². The number of ether oxygens (including phenoxy) is 2. The van der Waals surface area contributed by atoms with Crippen molar-refractivity contribution in [1.82, 2.24) is 10.2 Å². The van der Waals surface area contributed by atoms with Crippen molar-refractivity contribution < 1.29 is 23.4 Å². The van der Waals surface area contributed by atoms with Gasteiger partial charge < -0.3 is 14.8 Å². The molecular weight excluding hydrogens is 283 g/mol. The van der Waals surface area contributed by atoms with Gasteiger partial charge in [0.25, 0.3) is 0 Å². The third kappa shape index (κ3) is 3.07. The smallest absolute Gasteiger partial charge is 0.327 e. The number of nitrogens with one attached hydrogen (secondary N) is 1. The van der Waals surface area contributed by atoms with Crippen molar-refractivity contribution in [3.8, 4) is 0 Å². The molecule has 0 aliphatic carbocycles. The summed E-state index contributed by atoms with van der Waals surface area (Å²) in [5.41, 5.74) is 1.44. The summed E-state index contributed by atoms with van der Waals surface area (Å²) in [6, 6.07) is -0.288. The standard InChI is InChI=1S/C12H17N2O5P/c1-7-5-14(12(15)13-8(7)2)11-4-9(17-3)10(19-11)6-18-20-16/h5,9-11H,2,4,6H2,1,3H3,(H,13,15)/t9-,10?,11?/m0/s1. The molecule has 3 atom stereocenters. The number of methoxy groups -OCH3 is 1. The molecule has 1 N–H and O–H groups in total. The Morgan fingerprint density at radius 1 is 1.65 bits per heavy atom. The Balaban J connectivity index is 2.08. The van der Waals surface area contributed by atoms with E-state index in [1.165, 1.54) is 4.90 Å². The van der Waals surface area contributed by atoms with Crippen molar-refractivity contribution in [3.05, 3.63) is 24.0 Å². The van der Waals surface area contributed by atoms with Crippen molar-refractivity contribution in [3.63, 3.8) is 0 Å². The molecule has 20 heavy (non-hydrogen) atoms. The summed E-state index contributed by atoms with van der Waals surface area (Å²) >= 11 is 0. The molecule has 2 amide bonds. The summed E-state index contributed by atoms with van der Waals surface area (Å²) in [6.07, 6.45) is 1.20. The third-order valence-corrected chi connectivity index (χ3v) is 3.64. The number of amides is 2. The highest BCUT2D eigenvalue weighted by Crippen LogP contribution is 2.28. The largest absolute Gasteiger partial charge is 0.378 e. The zero-order chi connectivity index (χ0) is 14.7. The fourth-order valence-corrected chi connectivity index (χ4v) is 2.43. The summed E-state index contributed by atoms with van der Waals surface area (Å²) in [5, 5.41) is 2.67. The van der Waals surface area contributed by atoms with Gasteiger partial charge in [0.2, 0.25) is 0 Å². The number of hydrogen-bond acceptors (Lipinski definition) is 5. The van der Waals surface area contributed by atoms with Gasteiger partial charge in [-0.05, 0) is 12.5 Å². The van der Waals surface area contributed by atoms with Crippen molar-refractivity contribution in [1.29, 1.82) is 0 Å². The first kappa shape index (κ1) is 15.1. The Hall–Kier alpha value is -1.27. The van der Waals surface area contributed by atoms with Crippen LogP contribution in [0.3, 0.4) is 0 Å². The Labute approximate surface area is 118 Å². The Morgan fingerprint density at radius 2 is 2.40 bits per heavy atom. The van der Waals surface area contributed by atoms with Crippen LogP contribution in [0.25, 0.3) is 0 Å². The van der Waals surface area contributed by atoms with Gasteiger partial charge in [-0.15, -0.1) is 0 Å². The van der Waals surface area contributed by atoms with Crippen LogP contribution in [0.1, 0.15) is 13.3 Å². The molecule has 8 heteroatoms. The van der Waals surface area contributed by atoms with Crippen LogP contribution < -0.4 is 5.32 Å². The van der Waals surface area contributed by atoms with E-state index >= 15 is 0 Å². The van der Waals surface area contributed by atoms with Gasteiger partial charge in [-0.1, -0.05) is 6.58 Å². The van der Waals surface area contributed by atoms with Crippen LogP contribution in [0, 0.1) is 0 Å². The highest BCUT2D eigenvalue weighted by Gasteiger charge is 2.40. The first-order valence-corrected chi connectivity index (χ1v) is 6.89. The SMILES string of the molecule is C=C1NC(=O)N(C2C[C@H](OC)C(COP=O)O2)C=C1C. The van der Waals surface area contributed by atoms with E-state index in [4.69, 9.17) is 14.0 Å². The van der Waals surface area contributed by atoms with Gasteiger partial charge in [0.15, 0.2) is 0 Å². The van der Waals surface area contributed by atoms with Gasteiger partial charge in [0.1, 0.15) is 12.3 Å². The molecule has 1 saturated heterocycles. The monoisotopic (exact) mass is 300 g/mol.